The highest BCUT2D eigenvalue weighted by Gasteiger charge is 2.15. The molecule has 0 aliphatic carbocycles. The highest BCUT2D eigenvalue weighted by Crippen LogP contribution is 2.18. The summed E-state index contributed by atoms with van der Waals surface area (Å²) in [6.45, 7) is 2.66. The maximum Gasteiger partial charge on any atom is 0.278 e. The smallest absolute Gasteiger partial charge is 0.278 e. The van der Waals surface area contributed by atoms with Crippen molar-refractivity contribution in [1.29, 1.82) is 0 Å². The van der Waals surface area contributed by atoms with Gasteiger partial charge < -0.3 is 4.74 Å². The lowest BCUT2D eigenvalue weighted by atomic mass is 10.3. The zero-order valence-electron chi connectivity index (χ0n) is 10.5. The van der Waals surface area contributed by atoms with Gasteiger partial charge in [-0.3, -0.25) is 9.82 Å². The topological polar surface area (TPSA) is 84.1 Å². The van der Waals surface area contributed by atoms with Gasteiger partial charge in [-0.25, -0.2) is 0 Å². The summed E-state index contributed by atoms with van der Waals surface area (Å²) in [6, 6.07) is 8.14. The Morgan fingerprint density at radius 3 is 2.58 bits per heavy atom. The number of ether oxygens (including phenoxy) is 1. The van der Waals surface area contributed by atoms with E-state index in [1.54, 1.807) is 24.3 Å². The molecule has 6 nitrogen and oxygen atoms in total. The van der Waals surface area contributed by atoms with E-state index in [4.69, 9.17) is 4.74 Å². The Labute approximate surface area is 111 Å². The van der Waals surface area contributed by atoms with Crippen LogP contribution in [0.25, 0.3) is 0 Å². The molecule has 0 amide bonds. The quantitative estimate of drug-likeness (QED) is 0.848. The van der Waals surface area contributed by atoms with Crippen LogP contribution >= 0.6 is 0 Å². The lowest BCUT2D eigenvalue weighted by Gasteiger charge is -2.08. The Morgan fingerprint density at radius 1 is 1.26 bits per heavy atom. The summed E-state index contributed by atoms with van der Waals surface area (Å²) >= 11 is 0. The summed E-state index contributed by atoms with van der Waals surface area (Å²) in [4.78, 5) is 0. The van der Waals surface area contributed by atoms with Gasteiger partial charge in [0.05, 0.1) is 12.8 Å². The maximum absolute atomic E-state index is 11.9. The second-order valence-corrected chi connectivity index (χ2v) is 5.55. The van der Waals surface area contributed by atoms with Gasteiger partial charge in [0.15, 0.2) is 5.03 Å². The number of hydrogen-bond acceptors (Lipinski definition) is 4. The normalized spacial score (nSPS) is 11.2. The third-order valence-corrected chi connectivity index (χ3v) is 3.65. The number of benzene rings is 1. The van der Waals surface area contributed by atoms with E-state index in [-0.39, 0.29) is 5.03 Å². The fourth-order valence-corrected chi connectivity index (χ4v) is 2.41. The molecule has 102 valence electrons. The predicted octanol–water partition coefficient (Wildman–Crippen LogP) is 2.00. The first kappa shape index (κ1) is 13.4. The van der Waals surface area contributed by atoms with Gasteiger partial charge in [0.1, 0.15) is 5.75 Å². The number of anilines is 1. The number of sulfonamides is 1. The van der Waals surface area contributed by atoms with E-state index in [0.29, 0.717) is 18.0 Å². The predicted molar refractivity (Wildman–Crippen MR) is 71.6 cm³/mol. The Kier molecular flexibility index (Phi) is 4.06. The summed E-state index contributed by atoms with van der Waals surface area (Å²) in [6.07, 6.45) is 2.31. The SMILES string of the molecule is CCCOc1ccc(NS(=O)(=O)c2ccn[nH]2)cc1. The zero-order valence-corrected chi connectivity index (χ0v) is 11.3. The number of nitrogens with zero attached hydrogens (tertiary/aromatic N) is 1. The van der Waals surface area contributed by atoms with E-state index in [1.165, 1.54) is 12.3 Å². The molecule has 0 fully saturated rings. The second kappa shape index (κ2) is 5.75. The number of H-pyrrole nitrogens is 1. The summed E-state index contributed by atoms with van der Waals surface area (Å²) in [5, 5.41) is 6.05. The number of hydrogen-bond donors (Lipinski definition) is 2. The average molecular weight is 281 g/mol. The molecule has 0 saturated carbocycles. The van der Waals surface area contributed by atoms with Gasteiger partial charge in [-0.1, -0.05) is 6.92 Å². The van der Waals surface area contributed by atoms with Crippen LogP contribution in [0, 0.1) is 0 Å². The molecular weight excluding hydrogens is 266 g/mol. The van der Waals surface area contributed by atoms with Crippen molar-refractivity contribution in [3.8, 4) is 5.75 Å². The van der Waals surface area contributed by atoms with Crippen LogP contribution in [0.3, 0.4) is 0 Å². The summed E-state index contributed by atoms with van der Waals surface area (Å²) in [7, 11) is -3.61. The lowest BCUT2D eigenvalue weighted by Crippen LogP contribution is -2.13. The van der Waals surface area contributed by atoms with Gasteiger partial charge >= 0.3 is 0 Å². The van der Waals surface area contributed by atoms with E-state index >= 15 is 0 Å². The van der Waals surface area contributed by atoms with Crippen LogP contribution < -0.4 is 9.46 Å². The Morgan fingerprint density at radius 2 is 2.00 bits per heavy atom. The number of aromatic amines is 1. The molecule has 0 radical (unpaired) electrons. The van der Waals surface area contributed by atoms with Crippen molar-refractivity contribution in [1.82, 2.24) is 10.2 Å². The summed E-state index contributed by atoms with van der Waals surface area (Å²) in [5.74, 6) is 0.714. The van der Waals surface area contributed by atoms with Gasteiger partial charge in [0.25, 0.3) is 10.0 Å². The van der Waals surface area contributed by atoms with Crippen molar-refractivity contribution in [3.05, 3.63) is 36.5 Å². The molecule has 2 N–H and O–H groups in total. The molecule has 0 aliphatic rings. The van der Waals surface area contributed by atoms with Crippen molar-refractivity contribution >= 4 is 15.7 Å². The van der Waals surface area contributed by atoms with Gasteiger partial charge in [0, 0.05) is 5.69 Å². The molecule has 1 heterocycles. The number of aromatic nitrogens is 2. The van der Waals surface area contributed by atoms with Gasteiger partial charge in [0.2, 0.25) is 0 Å². The number of nitrogens with one attached hydrogen (secondary N) is 2. The molecule has 0 bridgehead atoms. The van der Waals surface area contributed by atoms with Crippen LogP contribution in [0.15, 0.2) is 41.6 Å². The summed E-state index contributed by atoms with van der Waals surface area (Å²) < 4.78 is 31.7. The van der Waals surface area contributed by atoms with Crippen LogP contribution in [0.2, 0.25) is 0 Å². The third-order valence-electron chi connectivity index (χ3n) is 2.34. The molecule has 0 spiro atoms. The van der Waals surface area contributed by atoms with Gasteiger partial charge in [-0.2, -0.15) is 13.5 Å². The molecule has 2 aromatic rings. The first-order valence-electron chi connectivity index (χ1n) is 5.87. The van der Waals surface area contributed by atoms with Crippen LogP contribution in [0.1, 0.15) is 13.3 Å². The second-order valence-electron chi connectivity index (χ2n) is 3.90. The lowest BCUT2D eigenvalue weighted by molar-refractivity contribution is 0.317. The minimum atomic E-state index is -3.61. The van der Waals surface area contributed by atoms with E-state index in [9.17, 15) is 8.42 Å². The molecule has 1 aromatic carbocycles. The van der Waals surface area contributed by atoms with Crippen LogP contribution in [-0.2, 0) is 10.0 Å². The van der Waals surface area contributed by atoms with Crippen LogP contribution in [-0.4, -0.2) is 25.2 Å². The minimum Gasteiger partial charge on any atom is -0.494 e. The first-order valence-corrected chi connectivity index (χ1v) is 7.35. The Balaban J connectivity index is 2.07. The molecule has 7 heteroatoms. The average Bonchev–Trinajstić information content (AvgIpc) is 2.92. The first-order chi connectivity index (χ1) is 9.12. The standard InChI is InChI=1S/C12H15N3O3S/c1-2-9-18-11-5-3-10(4-6-11)15-19(16,17)12-7-8-13-14-12/h3-8,15H,2,9H2,1H3,(H,13,14). The Hall–Kier alpha value is -2.02. The molecule has 0 aliphatic heterocycles. The van der Waals surface area contributed by atoms with Gasteiger partial charge in [-0.15, -0.1) is 0 Å². The van der Waals surface area contributed by atoms with Crippen LogP contribution in [0.5, 0.6) is 5.75 Å². The molecular formula is C12H15N3O3S. The maximum atomic E-state index is 11.9. The fraction of sp³-hybridized carbons (Fsp3) is 0.250. The van der Waals surface area contributed by atoms with E-state index in [1.807, 2.05) is 6.92 Å². The van der Waals surface area contributed by atoms with E-state index in [0.717, 1.165) is 6.42 Å². The molecule has 0 unspecified atom stereocenters. The molecule has 2 rings (SSSR count). The molecule has 19 heavy (non-hydrogen) atoms. The molecule has 1 aromatic heterocycles. The van der Waals surface area contributed by atoms with Crippen molar-refractivity contribution in [2.24, 2.45) is 0 Å². The monoisotopic (exact) mass is 281 g/mol. The minimum absolute atomic E-state index is 0.0267. The molecule has 0 atom stereocenters. The largest absolute Gasteiger partial charge is 0.494 e. The van der Waals surface area contributed by atoms with Crippen LogP contribution in [0.4, 0.5) is 5.69 Å². The Bertz CT molecular complexity index is 606. The van der Waals surface area contributed by atoms with Crippen molar-refractivity contribution in [3.63, 3.8) is 0 Å². The highest BCUT2D eigenvalue weighted by molar-refractivity contribution is 7.92. The third kappa shape index (κ3) is 3.47. The number of rotatable bonds is 6. The summed E-state index contributed by atoms with van der Waals surface area (Å²) in [5.41, 5.74) is 0.471. The van der Waals surface area contributed by atoms with E-state index < -0.39 is 10.0 Å². The highest BCUT2D eigenvalue weighted by atomic mass is 32.2. The van der Waals surface area contributed by atoms with Crippen molar-refractivity contribution < 1.29 is 13.2 Å². The van der Waals surface area contributed by atoms with Gasteiger partial charge in [-0.05, 0) is 36.8 Å². The van der Waals surface area contributed by atoms with E-state index in [2.05, 4.69) is 14.9 Å². The van der Waals surface area contributed by atoms with Crippen molar-refractivity contribution in [2.45, 2.75) is 18.4 Å². The van der Waals surface area contributed by atoms with Crippen molar-refractivity contribution in [2.75, 3.05) is 11.3 Å². The fourth-order valence-electron chi connectivity index (χ4n) is 1.44. The molecule has 0 saturated heterocycles. The zero-order chi connectivity index (χ0) is 13.7.